The third-order valence-electron chi connectivity index (χ3n) is 8.63. The lowest BCUT2D eigenvalue weighted by Crippen LogP contribution is -2.68. The number of ketones is 2. The van der Waals surface area contributed by atoms with Gasteiger partial charge in [0.25, 0.3) is 11.8 Å². The Hall–Kier alpha value is -3.04. The molecule has 2 aromatic carbocycles. The van der Waals surface area contributed by atoms with E-state index in [9.17, 15) is 19.2 Å². The molecule has 40 heavy (non-hydrogen) atoms. The average Bonchev–Trinajstić information content (AvgIpc) is 3.57. The Morgan fingerprint density at radius 1 is 1.00 bits per heavy atom. The monoisotopic (exact) mass is 575 g/mol. The second-order valence-electron chi connectivity index (χ2n) is 11.1. The number of carbonyl (C=O) groups excluding carboxylic acids is 4. The number of para-hydroxylation sites is 1. The van der Waals surface area contributed by atoms with Crippen molar-refractivity contribution in [2.45, 2.75) is 61.4 Å². The van der Waals surface area contributed by atoms with Crippen LogP contribution in [0.4, 0.5) is 5.69 Å². The second kappa shape index (κ2) is 10.1. The number of Topliss-reactive ketones (excluding diaryl/α,β-unsaturated/α-hetero) is 2. The number of fused-ring (bicyclic) bond motifs is 6. The zero-order valence-corrected chi connectivity index (χ0v) is 24.6. The van der Waals surface area contributed by atoms with Gasteiger partial charge in [-0.2, -0.15) is 0 Å². The van der Waals surface area contributed by atoms with E-state index in [2.05, 4.69) is 29.6 Å². The summed E-state index contributed by atoms with van der Waals surface area (Å²) >= 11 is 2.77. The van der Waals surface area contributed by atoms with Gasteiger partial charge in [0.2, 0.25) is 0 Å². The molecule has 0 aromatic heterocycles. The number of likely N-dealkylation sites (N-methyl/N-ethyl adjacent to an activating group) is 1. The van der Waals surface area contributed by atoms with Crippen LogP contribution >= 0.6 is 23.5 Å². The summed E-state index contributed by atoms with van der Waals surface area (Å²) in [6.07, 6.45) is 3.69. The molecular formula is C31H33N3O4S2. The predicted molar refractivity (Wildman–Crippen MR) is 160 cm³/mol. The number of benzene rings is 2. The van der Waals surface area contributed by atoms with Crippen LogP contribution in [0.25, 0.3) is 5.57 Å². The van der Waals surface area contributed by atoms with Gasteiger partial charge in [-0.3, -0.25) is 24.1 Å². The number of anilines is 1. The van der Waals surface area contributed by atoms with E-state index in [1.54, 1.807) is 18.9 Å². The molecule has 6 rings (SSSR count). The van der Waals surface area contributed by atoms with Gasteiger partial charge in [0.15, 0.2) is 10.2 Å². The van der Waals surface area contributed by atoms with Crippen molar-refractivity contribution >= 4 is 58.2 Å². The van der Waals surface area contributed by atoms with Crippen LogP contribution in [0.2, 0.25) is 0 Å². The van der Waals surface area contributed by atoms with E-state index in [1.807, 2.05) is 35.2 Å². The molecule has 0 unspecified atom stereocenters. The summed E-state index contributed by atoms with van der Waals surface area (Å²) in [5.41, 5.74) is 4.97. The number of carbonyl (C=O) groups is 4. The van der Waals surface area contributed by atoms with Crippen molar-refractivity contribution in [3.63, 3.8) is 0 Å². The number of rotatable bonds is 9. The van der Waals surface area contributed by atoms with Gasteiger partial charge < -0.3 is 10.2 Å². The summed E-state index contributed by atoms with van der Waals surface area (Å²) in [4.78, 5) is 54.8. The van der Waals surface area contributed by atoms with Crippen LogP contribution in [0.1, 0.15) is 49.8 Å². The van der Waals surface area contributed by atoms with E-state index in [0.717, 1.165) is 28.8 Å². The van der Waals surface area contributed by atoms with Gasteiger partial charge in [-0.1, -0.05) is 48.5 Å². The molecule has 0 bridgehead atoms. The predicted octanol–water partition coefficient (Wildman–Crippen LogP) is 4.47. The van der Waals surface area contributed by atoms with Gasteiger partial charge in [0.05, 0.1) is 5.41 Å². The molecule has 0 spiro atoms. The van der Waals surface area contributed by atoms with Gasteiger partial charge in [0, 0.05) is 43.5 Å². The van der Waals surface area contributed by atoms with Crippen LogP contribution < -0.4 is 5.32 Å². The van der Waals surface area contributed by atoms with Crippen molar-refractivity contribution in [1.29, 1.82) is 0 Å². The fraction of sp³-hybridized carbons (Fsp3) is 0.419. The van der Waals surface area contributed by atoms with Crippen LogP contribution in [0.5, 0.6) is 0 Å². The Morgan fingerprint density at radius 2 is 1.70 bits per heavy atom. The second-order valence-corrected chi connectivity index (χ2v) is 13.7. The molecule has 2 fully saturated rings. The molecule has 4 aliphatic rings. The van der Waals surface area contributed by atoms with Crippen molar-refractivity contribution < 1.29 is 19.2 Å². The standard InChI is InChI=1S/C31H33N3O4S2/c1-19(35)14-16-39-27-26(37)34-28-30(24-10-6-7-11-25(24)32-28,23-13-12-21-8-4-5-9-22(21)23)18-31(34,29(38)33(27)3)40-17-15-20(2)36/h4-11,13,27-28,32H,12,14-18H2,1-3H3/t27-,28+,30-,31-/m0/s1. The zero-order chi connectivity index (χ0) is 28.2. The molecular weight excluding hydrogens is 542 g/mol. The zero-order valence-electron chi connectivity index (χ0n) is 22.9. The van der Waals surface area contributed by atoms with E-state index in [0.29, 0.717) is 30.8 Å². The highest BCUT2D eigenvalue weighted by Crippen LogP contribution is 2.65. The first-order valence-electron chi connectivity index (χ1n) is 13.7. The smallest absolute Gasteiger partial charge is 0.260 e. The van der Waals surface area contributed by atoms with Gasteiger partial charge in [0.1, 0.15) is 17.7 Å². The van der Waals surface area contributed by atoms with E-state index >= 15 is 0 Å². The van der Waals surface area contributed by atoms with Crippen LogP contribution in [-0.2, 0) is 31.0 Å². The first-order chi connectivity index (χ1) is 19.2. The lowest BCUT2D eigenvalue weighted by atomic mass is 9.70. The average molecular weight is 576 g/mol. The Balaban J connectivity index is 1.51. The summed E-state index contributed by atoms with van der Waals surface area (Å²) in [7, 11) is 1.70. The minimum atomic E-state index is -1.16. The van der Waals surface area contributed by atoms with Crippen molar-refractivity contribution in [1.82, 2.24) is 9.80 Å². The number of thioether (sulfide) groups is 2. The lowest BCUT2D eigenvalue weighted by molar-refractivity contribution is -0.157. The highest BCUT2D eigenvalue weighted by molar-refractivity contribution is 8.01. The van der Waals surface area contributed by atoms with Crippen molar-refractivity contribution in [2.75, 3.05) is 23.9 Å². The van der Waals surface area contributed by atoms with Crippen LogP contribution in [0, 0.1) is 0 Å². The molecule has 0 radical (unpaired) electrons. The summed E-state index contributed by atoms with van der Waals surface area (Å²) in [5.74, 6) is 0.759. The quantitative estimate of drug-likeness (QED) is 0.472. The third kappa shape index (κ3) is 3.96. The molecule has 208 valence electrons. The molecule has 4 atom stereocenters. The molecule has 0 saturated carbocycles. The van der Waals surface area contributed by atoms with Gasteiger partial charge in [-0.25, -0.2) is 0 Å². The molecule has 2 saturated heterocycles. The van der Waals surface area contributed by atoms with Crippen molar-refractivity contribution in [3.05, 3.63) is 71.3 Å². The van der Waals surface area contributed by atoms with E-state index in [1.165, 1.54) is 36.0 Å². The number of hydrogen-bond donors (Lipinski definition) is 1. The van der Waals surface area contributed by atoms with Crippen molar-refractivity contribution in [3.8, 4) is 0 Å². The molecule has 3 heterocycles. The maximum Gasteiger partial charge on any atom is 0.260 e. The van der Waals surface area contributed by atoms with E-state index in [4.69, 9.17) is 0 Å². The lowest BCUT2D eigenvalue weighted by Gasteiger charge is -2.48. The topological polar surface area (TPSA) is 86.8 Å². The number of amides is 2. The van der Waals surface area contributed by atoms with Crippen molar-refractivity contribution in [2.24, 2.45) is 0 Å². The van der Waals surface area contributed by atoms with Gasteiger partial charge >= 0.3 is 0 Å². The highest BCUT2D eigenvalue weighted by atomic mass is 32.2. The minimum absolute atomic E-state index is 0.0545. The Labute approximate surface area is 243 Å². The van der Waals surface area contributed by atoms with Crippen LogP contribution in [0.15, 0.2) is 54.6 Å². The molecule has 9 heteroatoms. The first-order valence-corrected chi connectivity index (χ1v) is 15.7. The fourth-order valence-electron chi connectivity index (χ4n) is 6.85. The van der Waals surface area contributed by atoms with E-state index in [-0.39, 0.29) is 23.4 Å². The SMILES string of the molecule is CC(=O)CCS[C@H]1C(=O)N2[C@H]3Nc4ccccc4[C@@]3(C3=CCc4ccccc43)C[C@]2(SCCC(C)=O)C(=O)N1C. The van der Waals surface area contributed by atoms with Crippen LogP contribution in [-0.4, -0.2) is 68.1 Å². The number of nitrogens with one attached hydrogen (secondary N) is 1. The Morgan fingerprint density at radius 3 is 2.48 bits per heavy atom. The van der Waals surface area contributed by atoms with Crippen LogP contribution in [0.3, 0.4) is 0 Å². The highest BCUT2D eigenvalue weighted by Gasteiger charge is 2.72. The molecule has 7 nitrogen and oxygen atoms in total. The third-order valence-corrected chi connectivity index (χ3v) is 11.3. The minimum Gasteiger partial charge on any atom is -0.364 e. The summed E-state index contributed by atoms with van der Waals surface area (Å²) in [5, 5.41) is 2.96. The molecule has 2 amide bonds. The van der Waals surface area contributed by atoms with E-state index < -0.39 is 21.8 Å². The number of nitrogens with zero attached hydrogens (tertiary/aromatic N) is 2. The maximum absolute atomic E-state index is 14.5. The molecule has 3 aliphatic heterocycles. The summed E-state index contributed by atoms with van der Waals surface area (Å²) in [6, 6.07) is 16.6. The van der Waals surface area contributed by atoms with Gasteiger partial charge in [-0.05, 0) is 48.6 Å². The molecule has 2 aromatic rings. The van der Waals surface area contributed by atoms with Gasteiger partial charge in [-0.15, -0.1) is 23.5 Å². The molecule has 1 aliphatic carbocycles. The Kier molecular flexibility index (Phi) is 6.86. The Bertz CT molecular complexity index is 1460. The molecule has 1 N–H and O–H groups in total. The number of allylic oxidation sites excluding steroid dienone is 1. The number of piperazine rings is 1. The largest absolute Gasteiger partial charge is 0.364 e. The summed E-state index contributed by atoms with van der Waals surface area (Å²) < 4.78 is 0. The first kappa shape index (κ1) is 27.1. The number of hydrogen-bond acceptors (Lipinski definition) is 7. The maximum atomic E-state index is 14.5. The summed E-state index contributed by atoms with van der Waals surface area (Å²) in [6.45, 7) is 3.09. The normalized spacial score (nSPS) is 28.0. The fourth-order valence-corrected chi connectivity index (χ4v) is 9.71.